The fourth-order valence-electron chi connectivity index (χ4n) is 4.82. The highest BCUT2D eigenvalue weighted by molar-refractivity contribution is 5.88. The van der Waals surface area contributed by atoms with E-state index in [9.17, 15) is 4.79 Å². The number of hydrogen-bond acceptors (Lipinski definition) is 10. The van der Waals surface area contributed by atoms with E-state index in [1.807, 2.05) is 76.4 Å². The van der Waals surface area contributed by atoms with E-state index >= 15 is 0 Å². The minimum atomic E-state index is -0.502. The van der Waals surface area contributed by atoms with Crippen molar-refractivity contribution in [3.63, 3.8) is 0 Å². The number of nitrogens with one attached hydrogen (secondary N) is 2. The van der Waals surface area contributed by atoms with Crippen LogP contribution >= 0.6 is 0 Å². The summed E-state index contributed by atoms with van der Waals surface area (Å²) in [5.41, 5.74) is 3.41. The van der Waals surface area contributed by atoms with Crippen LogP contribution in [0.1, 0.15) is 39.2 Å². The molecule has 5 aromatic rings. The van der Waals surface area contributed by atoms with Crippen molar-refractivity contribution in [3.8, 4) is 11.5 Å². The molecule has 0 saturated carbocycles. The predicted octanol–water partition coefficient (Wildman–Crippen LogP) is 5.72. The largest absolute Gasteiger partial charge is 0.457 e. The molecule has 42 heavy (non-hydrogen) atoms. The van der Waals surface area contributed by atoms with Gasteiger partial charge in [-0.3, -0.25) is 0 Å². The third kappa shape index (κ3) is 6.17. The quantitative estimate of drug-likeness (QED) is 0.262. The molecule has 1 fully saturated rings. The van der Waals surface area contributed by atoms with Crippen molar-refractivity contribution in [1.82, 2.24) is 34.4 Å². The fourth-order valence-corrected chi connectivity index (χ4v) is 4.82. The minimum absolute atomic E-state index is 0.190. The van der Waals surface area contributed by atoms with Gasteiger partial charge in [-0.25, -0.2) is 29.2 Å². The van der Waals surface area contributed by atoms with Crippen LogP contribution in [-0.2, 0) is 4.74 Å². The summed E-state index contributed by atoms with van der Waals surface area (Å²) in [6.07, 6.45) is 6.18. The number of ether oxygens (including phenoxy) is 2. The first kappa shape index (κ1) is 27.2. The lowest BCUT2D eigenvalue weighted by Crippen LogP contribution is -2.44. The summed E-state index contributed by atoms with van der Waals surface area (Å²) in [7, 11) is 0. The number of carbonyl (C=O) groups excluding carboxylic acids is 1. The van der Waals surface area contributed by atoms with Gasteiger partial charge in [-0.2, -0.15) is 5.10 Å². The van der Waals surface area contributed by atoms with Crippen LogP contribution in [-0.4, -0.2) is 65.3 Å². The molecule has 2 N–H and O–H groups in total. The van der Waals surface area contributed by atoms with E-state index in [4.69, 9.17) is 14.5 Å². The summed E-state index contributed by atoms with van der Waals surface area (Å²) in [5, 5.41) is 11.0. The molecule has 4 aromatic heterocycles. The van der Waals surface area contributed by atoms with Gasteiger partial charge >= 0.3 is 6.09 Å². The van der Waals surface area contributed by atoms with E-state index in [0.29, 0.717) is 35.8 Å². The summed E-state index contributed by atoms with van der Waals surface area (Å²) >= 11 is 0. The second kappa shape index (κ2) is 11.1. The van der Waals surface area contributed by atoms with Crippen LogP contribution in [0.25, 0.3) is 16.7 Å². The summed E-state index contributed by atoms with van der Waals surface area (Å²) in [6.45, 7) is 8.89. The van der Waals surface area contributed by atoms with Crippen molar-refractivity contribution in [2.45, 2.75) is 52.2 Å². The number of hydrogen-bond donors (Lipinski definition) is 2. The van der Waals surface area contributed by atoms with Crippen LogP contribution in [0.2, 0.25) is 0 Å². The van der Waals surface area contributed by atoms with Crippen LogP contribution < -0.4 is 15.4 Å². The molecular weight excluding hydrogens is 534 g/mol. The molecule has 5 heterocycles. The van der Waals surface area contributed by atoms with Crippen LogP contribution in [0.15, 0.2) is 61.3 Å². The monoisotopic (exact) mass is 567 g/mol. The van der Waals surface area contributed by atoms with Crippen molar-refractivity contribution in [3.05, 3.63) is 66.9 Å². The molecule has 12 heteroatoms. The average molecular weight is 568 g/mol. The zero-order valence-corrected chi connectivity index (χ0v) is 24.0. The highest BCUT2D eigenvalue weighted by Gasteiger charge is 2.27. The van der Waals surface area contributed by atoms with Gasteiger partial charge in [-0.1, -0.05) is 0 Å². The summed E-state index contributed by atoms with van der Waals surface area (Å²) in [5.74, 6) is 2.76. The Labute approximate surface area is 243 Å². The maximum atomic E-state index is 12.4. The molecule has 0 aliphatic carbocycles. The first-order valence-corrected chi connectivity index (χ1v) is 13.9. The number of nitrogens with zero attached hydrogens (tertiary/aromatic N) is 7. The van der Waals surface area contributed by atoms with Gasteiger partial charge in [-0.05, 0) is 82.5 Å². The maximum absolute atomic E-state index is 12.4. The SMILES string of the molecule is Cc1cc(Nc2ncnc3ccc(NC4CCN(C(=O)OC(C)(C)C)CC4)nc23)ccc1Oc1ccn2ncnc2c1. The zero-order chi connectivity index (χ0) is 29.3. The van der Waals surface area contributed by atoms with Gasteiger partial charge in [0.1, 0.15) is 41.1 Å². The maximum Gasteiger partial charge on any atom is 0.410 e. The van der Waals surface area contributed by atoms with E-state index in [-0.39, 0.29) is 12.1 Å². The fraction of sp³-hybridized carbons (Fsp3) is 0.333. The van der Waals surface area contributed by atoms with Gasteiger partial charge in [-0.15, -0.1) is 0 Å². The number of benzene rings is 1. The summed E-state index contributed by atoms with van der Waals surface area (Å²) in [4.78, 5) is 32.1. The van der Waals surface area contributed by atoms with Crippen LogP contribution in [0, 0.1) is 6.92 Å². The van der Waals surface area contributed by atoms with E-state index in [0.717, 1.165) is 41.2 Å². The van der Waals surface area contributed by atoms with Crippen LogP contribution in [0.3, 0.4) is 0 Å². The summed E-state index contributed by atoms with van der Waals surface area (Å²) < 4.78 is 13.3. The Hall–Kier alpha value is -5.00. The number of likely N-dealkylation sites (tertiary alicyclic amines) is 1. The molecule has 1 amide bonds. The normalized spacial score (nSPS) is 14.2. The molecule has 12 nitrogen and oxygen atoms in total. The first-order valence-electron chi connectivity index (χ1n) is 13.9. The second-order valence-corrected chi connectivity index (χ2v) is 11.3. The number of fused-ring (bicyclic) bond motifs is 2. The molecule has 216 valence electrons. The number of carbonyl (C=O) groups is 1. The lowest BCUT2D eigenvalue weighted by atomic mass is 10.1. The highest BCUT2D eigenvalue weighted by Crippen LogP contribution is 2.30. The average Bonchev–Trinajstić information content (AvgIpc) is 3.42. The van der Waals surface area contributed by atoms with Gasteiger partial charge < -0.3 is 25.0 Å². The topological polar surface area (TPSA) is 132 Å². The number of amides is 1. The van der Waals surface area contributed by atoms with E-state index < -0.39 is 5.60 Å². The van der Waals surface area contributed by atoms with Gasteiger partial charge in [0.2, 0.25) is 0 Å². The third-order valence-electron chi connectivity index (χ3n) is 6.90. The number of piperidine rings is 1. The zero-order valence-electron chi connectivity index (χ0n) is 24.0. The van der Waals surface area contributed by atoms with Gasteiger partial charge in [0.05, 0.1) is 5.52 Å². The molecular formula is C30H33N9O3. The third-order valence-corrected chi connectivity index (χ3v) is 6.90. The Morgan fingerprint density at radius 1 is 1.00 bits per heavy atom. The molecule has 0 radical (unpaired) electrons. The van der Waals surface area contributed by atoms with Gasteiger partial charge in [0.25, 0.3) is 0 Å². The Morgan fingerprint density at radius 2 is 1.83 bits per heavy atom. The number of anilines is 3. The second-order valence-electron chi connectivity index (χ2n) is 11.3. The molecule has 1 saturated heterocycles. The Kier molecular flexibility index (Phi) is 7.19. The number of rotatable bonds is 6. The van der Waals surface area contributed by atoms with Crippen molar-refractivity contribution < 1.29 is 14.3 Å². The highest BCUT2D eigenvalue weighted by atomic mass is 16.6. The molecule has 0 atom stereocenters. The van der Waals surface area contributed by atoms with Crippen LogP contribution in [0.4, 0.5) is 22.1 Å². The molecule has 6 rings (SSSR count). The van der Waals surface area contributed by atoms with Crippen LogP contribution in [0.5, 0.6) is 11.5 Å². The Morgan fingerprint density at radius 3 is 2.62 bits per heavy atom. The minimum Gasteiger partial charge on any atom is -0.457 e. The van der Waals surface area contributed by atoms with Crippen molar-refractivity contribution in [2.24, 2.45) is 0 Å². The van der Waals surface area contributed by atoms with Crippen molar-refractivity contribution in [1.29, 1.82) is 0 Å². The van der Waals surface area contributed by atoms with E-state index in [2.05, 4.69) is 30.7 Å². The van der Waals surface area contributed by atoms with E-state index in [1.54, 1.807) is 9.42 Å². The van der Waals surface area contributed by atoms with Gasteiger partial charge in [0, 0.05) is 37.1 Å². The molecule has 0 spiro atoms. The number of aryl methyl sites for hydroxylation is 1. The first-order chi connectivity index (χ1) is 20.2. The van der Waals surface area contributed by atoms with Gasteiger partial charge in [0.15, 0.2) is 11.5 Å². The smallest absolute Gasteiger partial charge is 0.410 e. The predicted molar refractivity (Wildman–Crippen MR) is 159 cm³/mol. The van der Waals surface area contributed by atoms with E-state index in [1.165, 1.54) is 12.7 Å². The Bertz CT molecular complexity index is 1740. The summed E-state index contributed by atoms with van der Waals surface area (Å²) in [6, 6.07) is 13.6. The molecule has 0 bridgehead atoms. The lowest BCUT2D eigenvalue weighted by Gasteiger charge is -2.33. The Balaban J connectivity index is 1.13. The number of pyridine rings is 2. The standard InChI is InChI=1S/C30H33N9O3/c1-19-15-21(5-7-24(19)41-22-11-14-39-26(16-22)32-18-34-39)36-28-27-23(31-17-33-28)6-8-25(37-27)35-20-9-12-38(13-10-20)29(40)42-30(2,3)4/h5-8,11,14-18,20H,9-10,12-13H2,1-4H3,(H,35,37)(H,31,33,36). The molecule has 1 aliphatic rings. The van der Waals surface area contributed by atoms with Crippen molar-refractivity contribution in [2.75, 3.05) is 23.7 Å². The molecule has 1 aliphatic heterocycles. The number of aromatic nitrogens is 6. The molecule has 1 aromatic carbocycles. The van der Waals surface area contributed by atoms with Crippen molar-refractivity contribution >= 4 is 40.1 Å². The molecule has 0 unspecified atom stereocenters. The lowest BCUT2D eigenvalue weighted by molar-refractivity contribution is 0.0210.